The third-order valence-corrected chi connectivity index (χ3v) is 6.40. The van der Waals surface area contributed by atoms with Gasteiger partial charge in [0.15, 0.2) is 0 Å². The molecule has 3 nitrogen and oxygen atoms in total. The highest BCUT2D eigenvalue weighted by atomic mass is 32.1. The summed E-state index contributed by atoms with van der Waals surface area (Å²) in [5.74, 6) is 0.919. The molecule has 4 heteroatoms. The van der Waals surface area contributed by atoms with Crippen LogP contribution in [0.3, 0.4) is 0 Å². The number of ether oxygens (including phenoxy) is 1. The molecule has 152 valence electrons. The molecular weight excluding hydrogens is 390 g/mol. The van der Waals surface area contributed by atoms with Crippen molar-refractivity contribution in [1.82, 2.24) is 4.90 Å². The molecule has 0 spiro atoms. The highest BCUT2D eigenvalue weighted by Gasteiger charge is 2.18. The Kier molecular flexibility index (Phi) is 6.45. The molecule has 3 aromatic carbocycles. The van der Waals surface area contributed by atoms with Crippen molar-refractivity contribution in [3.63, 3.8) is 0 Å². The molecule has 0 aliphatic heterocycles. The van der Waals surface area contributed by atoms with Gasteiger partial charge in [0.1, 0.15) is 5.75 Å². The zero-order chi connectivity index (χ0) is 20.8. The number of fused-ring (bicyclic) bond motifs is 1. The highest BCUT2D eigenvalue weighted by Crippen LogP contribution is 2.31. The molecule has 1 atom stereocenters. The lowest BCUT2D eigenvalue weighted by Crippen LogP contribution is -2.31. The fourth-order valence-corrected chi connectivity index (χ4v) is 4.58. The highest BCUT2D eigenvalue weighted by molar-refractivity contribution is 7.10. The monoisotopic (exact) mass is 415 g/mol. The van der Waals surface area contributed by atoms with E-state index < -0.39 is 0 Å². The Labute approximate surface area is 181 Å². The number of amides is 1. The van der Waals surface area contributed by atoms with Crippen LogP contribution in [0.25, 0.3) is 10.8 Å². The van der Waals surface area contributed by atoms with E-state index in [2.05, 4.69) is 60.0 Å². The summed E-state index contributed by atoms with van der Waals surface area (Å²) >= 11 is 1.78. The molecule has 0 bridgehead atoms. The van der Waals surface area contributed by atoms with Crippen LogP contribution in [0.5, 0.6) is 5.75 Å². The van der Waals surface area contributed by atoms with E-state index in [9.17, 15) is 4.79 Å². The van der Waals surface area contributed by atoms with Crippen LogP contribution in [0.4, 0.5) is 4.79 Å². The first-order chi connectivity index (χ1) is 14.7. The minimum Gasteiger partial charge on any atom is -0.410 e. The van der Waals surface area contributed by atoms with E-state index in [4.69, 9.17) is 4.74 Å². The number of hydrogen-bond acceptors (Lipinski definition) is 3. The molecule has 0 aliphatic rings. The van der Waals surface area contributed by atoms with Crippen molar-refractivity contribution < 1.29 is 9.53 Å². The van der Waals surface area contributed by atoms with Gasteiger partial charge in [-0.15, -0.1) is 11.3 Å². The van der Waals surface area contributed by atoms with Gasteiger partial charge in [0.2, 0.25) is 0 Å². The third-order valence-electron chi connectivity index (χ3n) is 5.36. The van der Waals surface area contributed by atoms with E-state index in [1.165, 1.54) is 21.2 Å². The lowest BCUT2D eigenvalue weighted by molar-refractivity contribution is 0.161. The molecule has 0 fully saturated rings. The van der Waals surface area contributed by atoms with E-state index in [-0.39, 0.29) is 6.09 Å². The van der Waals surface area contributed by atoms with Gasteiger partial charge in [-0.25, -0.2) is 4.79 Å². The van der Waals surface area contributed by atoms with Crippen LogP contribution in [0, 0.1) is 0 Å². The fourth-order valence-electron chi connectivity index (χ4n) is 3.71. The number of benzene rings is 3. The van der Waals surface area contributed by atoms with Gasteiger partial charge in [0.25, 0.3) is 0 Å². The van der Waals surface area contributed by atoms with Gasteiger partial charge in [-0.05, 0) is 58.7 Å². The van der Waals surface area contributed by atoms with Crippen molar-refractivity contribution in [2.75, 3.05) is 13.6 Å². The molecule has 1 aromatic heterocycles. The summed E-state index contributed by atoms with van der Waals surface area (Å²) in [6, 6.07) is 28.5. The number of thiophene rings is 1. The van der Waals surface area contributed by atoms with Gasteiger partial charge in [-0.3, -0.25) is 0 Å². The van der Waals surface area contributed by atoms with E-state index in [1.807, 2.05) is 18.2 Å². The normalized spacial score (nSPS) is 11.9. The Hall–Kier alpha value is -3.11. The van der Waals surface area contributed by atoms with Gasteiger partial charge in [-0.1, -0.05) is 66.7 Å². The summed E-state index contributed by atoms with van der Waals surface area (Å²) in [7, 11) is 1.80. The van der Waals surface area contributed by atoms with Gasteiger partial charge in [-0.2, -0.15) is 0 Å². The molecule has 0 aliphatic carbocycles. The van der Waals surface area contributed by atoms with Gasteiger partial charge in [0.05, 0.1) is 0 Å². The second kappa shape index (κ2) is 9.59. The second-order valence-corrected chi connectivity index (χ2v) is 8.43. The zero-order valence-corrected chi connectivity index (χ0v) is 17.8. The second-order valence-electron chi connectivity index (χ2n) is 7.45. The minimum absolute atomic E-state index is 0.323. The van der Waals surface area contributed by atoms with Crippen LogP contribution >= 0.6 is 11.3 Å². The van der Waals surface area contributed by atoms with E-state index in [1.54, 1.807) is 35.4 Å². The first-order valence-electron chi connectivity index (χ1n) is 10.2. The topological polar surface area (TPSA) is 29.5 Å². The average Bonchev–Trinajstić information content (AvgIpc) is 3.32. The molecular formula is C26H25NO2S. The molecule has 4 rings (SSSR count). The predicted molar refractivity (Wildman–Crippen MR) is 124 cm³/mol. The predicted octanol–water partition coefficient (Wildman–Crippen LogP) is 6.75. The molecule has 0 saturated heterocycles. The van der Waals surface area contributed by atoms with Crippen LogP contribution in [0.1, 0.15) is 22.8 Å². The summed E-state index contributed by atoms with van der Waals surface area (Å²) in [5.41, 5.74) is 1.35. The number of carbonyl (C=O) groups excluding carboxylic acids is 1. The largest absolute Gasteiger partial charge is 0.414 e. The van der Waals surface area contributed by atoms with Crippen molar-refractivity contribution in [2.45, 2.75) is 18.8 Å². The Morgan fingerprint density at radius 3 is 2.50 bits per heavy atom. The van der Waals surface area contributed by atoms with Crippen molar-refractivity contribution in [3.05, 3.63) is 101 Å². The van der Waals surface area contributed by atoms with Crippen LogP contribution in [-0.4, -0.2) is 24.6 Å². The van der Waals surface area contributed by atoms with Gasteiger partial charge >= 0.3 is 6.09 Å². The molecule has 0 radical (unpaired) electrons. The molecule has 30 heavy (non-hydrogen) atoms. The van der Waals surface area contributed by atoms with E-state index >= 15 is 0 Å². The Balaban J connectivity index is 1.46. The summed E-state index contributed by atoms with van der Waals surface area (Å²) in [6.07, 6.45) is 1.50. The maximum Gasteiger partial charge on any atom is 0.414 e. The van der Waals surface area contributed by atoms with Crippen molar-refractivity contribution >= 4 is 28.2 Å². The Morgan fingerprint density at radius 1 is 0.933 bits per heavy atom. The minimum atomic E-state index is -0.323. The number of rotatable bonds is 7. The maximum absolute atomic E-state index is 12.5. The Morgan fingerprint density at radius 2 is 1.70 bits per heavy atom. The average molecular weight is 416 g/mol. The summed E-state index contributed by atoms with van der Waals surface area (Å²) in [6.45, 7) is 0.638. The molecule has 0 saturated carbocycles. The lowest BCUT2D eigenvalue weighted by Gasteiger charge is -2.21. The van der Waals surface area contributed by atoms with Crippen LogP contribution in [0.15, 0.2) is 90.3 Å². The number of hydrogen-bond donors (Lipinski definition) is 0. The first-order valence-corrected chi connectivity index (χ1v) is 11.1. The fraction of sp³-hybridized carbons (Fsp3) is 0.192. The standard InChI is InChI=1S/C26H25NO2S/c1-27(26(28)29-23-12-3-2-4-13-23)17-16-22(25-15-8-18-30-25)19-21-11-7-10-20-9-5-6-14-24(20)21/h2-15,18,22H,16-17,19H2,1H3. The molecule has 1 amide bonds. The molecule has 1 unspecified atom stereocenters. The van der Waals surface area contributed by atoms with Gasteiger partial charge < -0.3 is 9.64 Å². The first kappa shape index (κ1) is 20.2. The number of carbonyl (C=O) groups is 1. The number of nitrogens with zero attached hydrogens (tertiary/aromatic N) is 1. The Bertz CT molecular complexity index is 1090. The van der Waals surface area contributed by atoms with Crippen molar-refractivity contribution in [3.8, 4) is 5.75 Å². The molecule has 1 heterocycles. The summed E-state index contributed by atoms with van der Waals surface area (Å²) < 4.78 is 5.46. The molecule has 4 aromatic rings. The number of para-hydroxylation sites is 1. The zero-order valence-electron chi connectivity index (χ0n) is 17.0. The SMILES string of the molecule is CN(CCC(Cc1cccc2ccccc12)c1cccs1)C(=O)Oc1ccccc1. The van der Waals surface area contributed by atoms with E-state index in [0.717, 1.165) is 12.8 Å². The van der Waals surface area contributed by atoms with Crippen LogP contribution < -0.4 is 4.74 Å². The summed E-state index contributed by atoms with van der Waals surface area (Å²) in [5, 5.41) is 4.70. The van der Waals surface area contributed by atoms with Crippen LogP contribution in [-0.2, 0) is 6.42 Å². The van der Waals surface area contributed by atoms with Gasteiger partial charge in [0, 0.05) is 18.5 Å². The van der Waals surface area contributed by atoms with Crippen molar-refractivity contribution in [1.29, 1.82) is 0 Å². The van der Waals surface area contributed by atoms with Crippen molar-refractivity contribution in [2.24, 2.45) is 0 Å². The summed E-state index contributed by atoms with van der Waals surface area (Å²) in [4.78, 5) is 15.5. The lowest BCUT2D eigenvalue weighted by atomic mass is 9.91. The smallest absolute Gasteiger partial charge is 0.410 e. The maximum atomic E-state index is 12.5. The van der Waals surface area contributed by atoms with Crippen LogP contribution in [0.2, 0.25) is 0 Å². The van der Waals surface area contributed by atoms with E-state index in [0.29, 0.717) is 18.2 Å². The molecule has 0 N–H and O–H groups in total. The quantitative estimate of drug-likeness (QED) is 0.334. The third kappa shape index (κ3) is 4.89.